The second-order valence-electron chi connectivity index (χ2n) is 2.95. The zero-order valence-electron chi connectivity index (χ0n) is 8.41. The molecule has 72 valence electrons. The molecule has 0 radical (unpaired) electrons. The summed E-state index contributed by atoms with van der Waals surface area (Å²) in [7, 11) is 0. The fourth-order valence-corrected chi connectivity index (χ4v) is 1.88. The highest BCUT2D eigenvalue weighted by molar-refractivity contribution is 7.99. The zero-order valence-corrected chi connectivity index (χ0v) is 9.23. The van der Waals surface area contributed by atoms with Gasteiger partial charge >= 0.3 is 0 Å². The maximum absolute atomic E-state index is 5.73. The zero-order chi connectivity index (χ0) is 9.73. The molecule has 0 aromatic heterocycles. The van der Waals surface area contributed by atoms with E-state index in [1.807, 2.05) is 25.1 Å². The van der Waals surface area contributed by atoms with Crippen molar-refractivity contribution >= 4 is 11.8 Å². The highest BCUT2D eigenvalue weighted by atomic mass is 32.2. The van der Waals surface area contributed by atoms with Gasteiger partial charge in [0, 0.05) is 6.61 Å². The minimum absolute atomic E-state index is 0.198. The summed E-state index contributed by atoms with van der Waals surface area (Å²) in [6, 6.07) is 10.3. The molecule has 0 amide bonds. The fraction of sp³-hybridized carbons (Fsp3) is 0.455. The Morgan fingerprint density at radius 2 is 1.92 bits per heavy atom. The molecule has 0 N–H and O–H groups in total. The third-order valence-corrected chi connectivity index (χ3v) is 3.24. The Hall–Kier alpha value is -0.470. The summed E-state index contributed by atoms with van der Waals surface area (Å²) in [5.41, 5.74) is 1.23. The molecule has 0 aliphatic rings. The van der Waals surface area contributed by atoms with Crippen LogP contribution in [0.15, 0.2) is 30.3 Å². The van der Waals surface area contributed by atoms with E-state index in [1.165, 1.54) is 5.56 Å². The number of hydrogen-bond acceptors (Lipinski definition) is 2. The van der Waals surface area contributed by atoms with Crippen LogP contribution in [0.25, 0.3) is 0 Å². The van der Waals surface area contributed by atoms with E-state index in [2.05, 4.69) is 25.3 Å². The molecule has 0 aliphatic heterocycles. The van der Waals surface area contributed by atoms with E-state index in [1.54, 1.807) is 11.8 Å². The molecule has 2 heteroatoms. The summed E-state index contributed by atoms with van der Waals surface area (Å²) < 4.78 is 5.73. The lowest BCUT2D eigenvalue weighted by Crippen LogP contribution is -2.21. The fourth-order valence-electron chi connectivity index (χ4n) is 1.28. The van der Waals surface area contributed by atoms with Gasteiger partial charge in [0.15, 0.2) is 0 Å². The summed E-state index contributed by atoms with van der Waals surface area (Å²) in [5.74, 6) is 0. The Kier molecular flexibility index (Phi) is 3.82. The maximum atomic E-state index is 5.73. The molecule has 1 rings (SSSR count). The molecule has 13 heavy (non-hydrogen) atoms. The molecule has 0 saturated heterocycles. The summed E-state index contributed by atoms with van der Waals surface area (Å²) in [6.07, 6.45) is 2.07. The predicted octanol–water partition coefficient (Wildman–Crippen LogP) is 3.26. The number of benzene rings is 1. The van der Waals surface area contributed by atoms with E-state index in [-0.39, 0.29) is 4.93 Å². The first-order chi connectivity index (χ1) is 6.23. The normalized spacial score (nSPS) is 15.3. The molecule has 1 atom stereocenters. The Morgan fingerprint density at radius 1 is 1.31 bits per heavy atom. The molecule has 1 unspecified atom stereocenters. The van der Waals surface area contributed by atoms with Crippen LogP contribution in [0.1, 0.15) is 19.4 Å². The average Bonchev–Trinajstić information content (AvgIpc) is 2.19. The van der Waals surface area contributed by atoms with Crippen LogP contribution in [-0.2, 0) is 9.67 Å². The van der Waals surface area contributed by atoms with Gasteiger partial charge in [-0.25, -0.2) is 0 Å². The molecule has 0 saturated carbocycles. The topological polar surface area (TPSA) is 9.23 Å². The highest BCUT2D eigenvalue weighted by Gasteiger charge is 2.24. The van der Waals surface area contributed by atoms with Crippen molar-refractivity contribution < 1.29 is 4.74 Å². The van der Waals surface area contributed by atoms with Crippen molar-refractivity contribution in [3.63, 3.8) is 0 Å². The molecule has 0 spiro atoms. The summed E-state index contributed by atoms with van der Waals surface area (Å²) >= 11 is 1.73. The van der Waals surface area contributed by atoms with Gasteiger partial charge in [-0.15, -0.1) is 11.8 Å². The van der Waals surface area contributed by atoms with Gasteiger partial charge in [-0.2, -0.15) is 0 Å². The van der Waals surface area contributed by atoms with E-state index in [0.29, 0.717) is 0 Å². The summed E-state index contributed by atoms with van der Waals surface area (Å²) in [6.45, 7) is 4.88. The molecule has 1 nitrogen and oxygen atoms in total. The van der Waals surface area contributed by atoms with Gasteiger partial charge in [0.05, 0.1) is 0 Å². The number of hydrogen-bond donors (Lipinski definition) is 0. The molecule has 0 aliphatic carbocycles. The van der Waals surface area contributed by atoms with Crippen LogP contribution in [0.2, 0.25) is 0 Å². The lowest BCUT2D eigenvalue weighted by molar-refractivity contribution is 0.0466. The monoisotopic (exact) mass is 196 g/mol. The average molecular weight is 196 g/mol. The highest BCUT2D eigenvalue weighted by Crippen LogP contribution is 2.35. The second kappa shape index (κ2) is 4.68. The van der Waals surface area contributed by atoms with Crippen molar-refractivity contribution in [2.24, 2.45) is 0 Å². The quantitative estimate of drug-likeness (QED) is 0.684. The first-order valence-corrected chi connectivity index (χ1v) is 5.70. The van der Waals surface area contributed by atoms with E-state index in [4.69, 9.17) is 4.74 Å². The SMILES string of the molecule is CCOC(C)(SC)c1ccccc1. The molecular weight excluding hydrogens is 180 g/mol. The summed E-state index contributed by atoms with van der Waals surface area (Å²) in [4.78, 5) is -0.198. The minimum atomic E-state index is -0.198. The lowest BCUT2D eigenvalue weighted by atomic mass is 10.1. The Balaban J connectivity index is 2.89. The van der Waals surface area contributed by atoms with E-state index in [0.717, 1.165) is 6.61 Å². The van der Waals surface area contributed by atoms with Gasteiger partial charge in [0.25, 0.3) is 0 Å². The van der Waals surface area contributed by atoms with Crippen LogP contribution < -0.4 is 0 Å². The van der Waals surface area contributed by atoms with Crippen molar-refractivity contribution in [3.05, 3.63) is 35.9 Å². The van der Waals surface area contributed by atoms with Gasteiger partial charge in [-0.3, -0.25) is 0 Å². The smallest absolute Gasteiger partial charge is 0.136 e. The van der Waals surface area contributed by atoms with Gasteiger partial charge in [0.2, 0.25) is 0 Å². The molecule has 0 heterocycles. The standard InChI is InChI=1S/C11H16OS/c1-4-12-11(2,13-3)10-8-6-5-7-9-10/h5-9H,4H2,1-3H3. The van der Waals surface area contributed by atoms with Gasteiger partial charge < -0.3 is 4.74 Å². The third kappa shape index (κ3) is 2.48. The predicted molar refractivity (Wildman–Crippen MR) is 58.9 cm³/mol. The number of rotatable bonds is 4. The van der Waals surface area contributed by atoms with Crippen LogP contribution >= 0.6 is 11.8 Å². The Morgan fingerprint density at radius 3 is 2.38 bits per heavy atom. The minimum Gasteiger partial charge on any atom is -0.361 e. The van der Waals surface area contributed by atoms with Crippen LogP contribution in [0.3, 0.4) is 0 Å². The van der Waals surface area contributed by atoms with Gasteiger partial charge in [-0.05, 0) is 25.7 Å². The second-order valence-corrected chi connectivity index (χ2v) is 4.14. The van der Waals surface area contributed by atoms with E-state index < -0.39 is 0 Å². The summed E-state index contributed by atoms with van der Waals surface area (Å²) in [5, 5.41) is 0. The first kappa shape index (κ1) is 10.6. The van der Waals surface area contributed by atoms with Gasteiger partial charge in [0.1, 0.15) is 4.93 Å². The van der Waals surface area contributed by atoms with Crippen LogP contribution in [-0.4, -0.2) is 12.9 Å². The number of ether oxygens (including phenoxy) is 1. The van der Waals surface area contributed by atoms with Crippen molar-refractivity contribution in [2.45, 2.75) is 18.8 Å². The van der Waals surface area contributed by atoms with E-state index in [9.17, 15) is 0 Å². The van der Waals surface area contributed by atoms with Crippen LogP contribution in [0.5, 0.6) is 0 Å². The third-order valence-electron chi connectivity index (χ3n) is 2.11. The van der Waals surface area contributed by atoms with E-state index >= 15 is 0 Å². The van der Waals surface area contributed by atoms with Crippen molar-refractivity contribution in [1.82, 2.24) is 0 Å². The van der Waals surface area contributed by atoms with Crippen molar-refractivity contribution in [1.29, 1.82) is 0 Å². The molecule has 0 fully saturated rings. The van der Waals surface area contributed by atoms with Gasteiger partial charge in [-0.1, -0.05) is 30.3 Å². The Labute approximate surface area is 84.5 Å². The van der Waals surface area contributed by atoms with Crippen LogP contribution in [0.4, 0.5) is 0 Å². The lowest BCUT2D eigenvalue weighted by Gasteiger charge is -2.27. The molecule has 1 aromatic carbocycles. The molecule has 1 aromatic rings. The maximum Gasteiger partial charge on any atom is 0.136 e. The van der Waals surface area contributed by atoms with Crippen molar-refractivity contribution in [3.8, 4) is 0 Å². The largest absolute Gasteiger partial charge is 0.361 e. The van der Waals surface area contributed by atoms with Crippen LogP contribution in [0, 0.1) is 0 Å². The first-order valence-electron chi connectivity index (χ1n) is 4.47. The Bertz CT molecular complexity index is 248. The molecular formula is C11H16OS. The van der Waals surface area contributed by atoms with Crippen molar-refractivity contribution in [2.75, 3.05) is 12.9 Å². The molecule has 0 bridgehead atoms. The number of thioether (sulfide) groups is 1.